The quantitative estimate of drug-likeness (QED) is 0.670. The number of hydrogen-bond acceptors (Lipinski definition) is 7. The van der Waals surface area contributed by atoms with E-state index >= 15 is 0 Å². The number of amides is 2. The van der Waals surface area contributed by atoms with Crippen molar-refractivity contribution >= 4 is 40.6 Å². The molecule has 7 nitrogen and oxygen atoms in total. The number of nitrogens with one attached hydrogen (secondary N) is 2. The van der Waals surface area contributed by atoms with Crippen LogP contribution in [0.25, 0.3) is 0 Å². The summed E-state index contributed by atoms with van der Waals surface area (Å²) in [6.07, 6.45) is 2.50. The van der Waals surface area contributed by atoms with Gasteiger partial charge in [-0.3, -0.25) is 9.59 Å². The maximum absolute atomic E-state index is 12.1. The Labute approximate surface area is 160 Å². The second-order valence-electron chi connectivity index (χ2n) is 5.88. The van der Waals surface area contributed by atoms with Crippen LogP contribution in [0.4, 0.5) is 5.69 Å². The molecule has 2 heterocycles. The number of carbonyl (C=O) groups excluding carboxylic acids is 2. The Morgan fingerprint density at radius 2 is 1.92 bits per heavy atom. The lowest BCUT2D eigenvalue weighted by molar-refractivity contribution is -0.118. The molecule has 1 fully saturated rings. The third-order valence-corrected chi connectivity index (χ3v) is 5.96. The highest BCUT2D eigenvalue weighted by Crippen LogP contribution is 2.22. The van der Waals surface area contributed by atoms with Crippen LogP contribution in [0.15, 0.2) is 34.7 Å². The van der Waals surface area contributed by atoms with Crippen molar-refractivity contribution in [3.8, 4) is 0 Å². The molecule has 2 N–H and O–H groups in total. The molecular formula is C17H21N5O2S2. The van der Waals surface area contributed by atoms with Crippen LogP contribution in [0, 0.1) is 0 Å². The molecule has 0 spiro atoms. The molecule has 1 aliphatic rings. The molecule has 0 unspecified atom stereocenters. The van der Waals surface area contributed by atoms with Gasteiger partial charge in [-0.25, -0.2) is 0 Å². The lowest BCUT2D eigenvalue weighted by atomic mass is 10.3. The van der Waals surface area contributed by atoms with Crippen molar-refractivity contribution in [2.45, 2.75) is 17.2 Å². The van der Waals surface area contributed by atoms with E-state index in [1.54, 1.807) is 12.1 Å². The van der Waals surface area contributed by atoms with Gasteiger partial charge in [-0.05, 0) is 38.1 Å². The summed E-state index contributed by atoms with van der Waals surface area (Å²) in [5, 5.41) is 13.8. The molecule has 1 aromatic carbocycles. The topological polar surface area (TPSA) is 87.2 Å². The summed E-state index contributed by atoms with van der Waals surface area (Å²) in [6, 6.07) is 9.19. The lowest BCUT2D eigenvalue weighted by Gasteiger charge is -2.14. The summed E-state index contributed by atoms with van der Waals surface area (Å²) in [5.41, 5.74) is 0.708. The number of aromatic nitrogens is 2. The molecular weight excluding hydrogens is 370 g/mol. The SMILES string of the molecule is O=C(CSc1nnc(C(=O)Nc2ccccc2)s1)NCCN1CCCC1. The second-order valence-corrected chi connectivity index (χ2v) is 8.08. The third-order valence-electron chi connectivity index (χ3n) is 3.91. The molecule has 1 aromatic heterocycles. The minimum atomic E-state index is -0.296. The Morgan fingerprint density at radius 3 is 2.69 bits per heavy atom. The van der Waals surface area contributed by atoms with Crippen molar-refractivity contribution in [3.05, 3.63) is 35.3 Å². The Hall–Kier alpha value is -1.97. The fourth-order valence-corrected chi connectivity index (χ4v) is 4.18. The van der Waals surface area contributed by atoms with Crippen molar-refractivity contribution in [1.82, 2.24) is 20.4 Å². The second kappa shape index (κ2) is 9.65. The smallest absolute Gasteiger partial charge is 0.286 e. The number of anilines is 1. The summed E-state index contributed by atoms with van der Waals surface area (Å²) in [4.78, 5) is 26.4. The van der Waals surface area contributed by atoms with Crippen LogP contribution in [-0.4, -0.2) is 58.8 Å². The van der Waals surface area contributed by atoms with Gasteiger partial charge in [0.15, 0.2) is 4.34 Å². The van der Waals surface area contributed by atoms with Crippen LogP contribution in [0.1, 0.15) is 22.6 Å². The monoisotopic (exact) mass is 391 g/mol. The fraction of sp³-hybridized carbons (Fsp3) is 0.412. The van der Waals surface area contributed by atoms with E-state index < -0.39 is 0 Å². The predicted molar refractivity (Wildman–Crippen MR) is 104 cm³/mol. The molecule has 138 valence electrons. The highest BCUT2D eigenvalue weighted by molar-refractivity contribution is 8.01. The summed E-state index contributed by atoms with van der Waals surface area (Å²) >= 11 is 2.48. The van der Waals surface area contributed by atoms with Gasteiger partial charge in [0.25, 0.3) is 5.91 Å². The summed E-state index contributed by atoms with van der Waals surface area (Å²) in [5.74, 6) is -0.0510. The Morgan fingerprint density at radius 1 is 1.15 bits per heavy atom. The van der Waals surface area contributed by atoms with Gasteiger partial charge in [0, 0.05) is 18.8 Å². The van der Waals surface area contributed by atoms with Gasteiger partial charge in [0.2, 0.25) is 10.9 Å². The highest BCUT2D eigenvalue weighted by Gasteiger charge is 2.15. The first kappa shape index (κ1) is 18.8. The number of thioether (sulfide) groups is 1. The first-order valence-corrected chi connectivity index (χ1v) is 10.3. The van der Waals surface area contributed by atoms with Gasteiger partial charge in [-0.15, -0.1) is 10.2 Å². The molecule has 9 heteroatoms. The van der Waals surface area contributed by atoms with Crippen LogP contribution < -0.4 is 10.6 Å². The van der Waals surface area contributed by atoms with E-state index in [0.29, 0.717) is 16.6 Å². The molecule has 0 bridgehead atoms. The number of carbonyl (C=O) groups is 2. The van der Waals surface area contributed by atoms with Crippen molar-refractivity contribution < 1.29 is 9.59 Å². The highest BCUT2D eigenvalue weighted by atomic mass is 32.2. The number of likely N-dealkylation sites (tertiary alicyclic amines) is 1. The first-order valence-electron chi connectivity index (χ1n) is 8.52. The van der Waals surface area contributed by atoms with E-state index in [2.05, 4.69) is 25.7 Å². The van der Waals surface area contributed by atoms with E-state index in [-0.39, 0.29) is 22.6 Å². The minimum absolute atomic E-state index is 0.0281. The summed E-state index contributed by atoms with van der Waals surface area (Å²) in [7, 11) is 0. The number of nitrogens with zero attached hydrogens (tertiary/aromatic N) is 3. The fourth-order valence-electron chi connectivity index (χ4n) is 2.60. The van der Waals surface area contributed by atoms with E-state index in [4.69, 9.17) is 0 Å². The standard InChI is InChI=1S/C17H21N5O2S2/c23-14(18-8-11-22-9-4-5-10-22)12-25-17-21-20-16(26-17)15(24)19-13-6-2-1-3-7-13/h1-3,6-7H,4-5,8-12H2,(H,18,23)(H,19,24). The Bertz CT molecular complexity index is 732. The number of para-hydroxylation sites is 1. The normalized spacial score (nSPS) is 14.3. The van der Waals surface area contributed by atoms with Crippen LogP contribution in [0.3, 0.4) is 0 Å². The van der Waals surface area contributed by atoms with Crippen LogP contribution in [0.5, 0.6) is 0 Å². The molecule has 0 radical (unpaired) electrons. The van der Waals surface area contributed by atoms with Gasteiger partial charge in [0.05, 0.1) is 5.75 Å². The van der Waals surface area contributed by atoms with Crippen LogP contribution >= 0.6 is 23.1 Å². The maximum Gasteiger partial charge on any atom is 0.286 e. The largest absolute Gasteiger partial charge is 0.354 e. The number of hydrogen-bond donors (Lipinski definition) is 2. The molecule has 1 aliphatic heterocycles. The Balaban J connectivity index is 1.38. The van der Waals surface area contributed by atoms with Crippen molar-refractivity contribution in [2.24, 2.45) is 0 Å². The van der Waals surface area contributed by atoms with Crippen LogP contribution in [-0.2, 0) is 4.79 Å². The van der Waals surface area contributed by atoms with Crippen molar-refractivity contribution in [1.29, 1.82) is 0 Å². The van der Waals surface area contributed by atoms with E-state index in [1.165, 1.54) is 35.9 Å². The van der Waals surface area contributed by atoms with E-state index in [1.807, 2.05) is 18.2 Å². The van der Waals surface area contributed by atoms with Crippen molar-refractivity contribution in [3.63, 3.8) is 0 Å². The van der Waals surface area contributed by atoms with Gasteiger partial charge < -0.3 is 15.5 Å². The summed E-state index contributed by atoms with van der Waals surface area (Å²) in [6.45, 7) is 3.83. The minimum Gasteiger partial charge on any atom is -0.354 e. The van der Waals surface area contributed by atoms with Crippen LogP contribution in [0.2, 0.25) is 0 Å². The molecule has 0 atom stereocenters. The van der Waals surface area contributed by atoms with E-state index in [9.17, 15) is 9.59 Å². The average molecular weight is 392 g/mol. The molecule has 0 aliphatic carbocycles. The van der Waals surface area contributed by atoms with Gasteiger partial charge in [-0.2, -0.15) is 0 Å². The van der Waals surface area contributed by atoms with Gasteiger partial charge >= 0.3 is 0 Å². The number of benzene rings is 1. The van der Waals surface area contributed by atoms with Gasteiger partial charge in [0.1, 0.15) is 0 Å². The molecule has 26 heavy (non-hydrogen) atoms. The lowest BCUT2D eigenvalue weighted by Crippen LogP contribution is -2.34. The maximum atomic E-state index is 12.1. The molecule has 2 aromatic rings. The zero-order chi connectivity index (χ0) is 18.2. The molecule has 3 rings (SSSR count). The molecule has 1 saturated heterocycles. The predicted octanol–water partition coefficient (Wildman–Crippen LogP) is 2.09. The molecule has 0 saturated carbocycles. The molecule has 2 amide bonds. The third kappa shape index (κ3) is 5.79. The zero-order valence-electron chi connectivity index (χ0n) is 14.3. The van der Waals surface area contributed by atoms with Gasteiger partial charge in [-0.1, -0.05) is 41.3 Å². The number of rotatable bonds is 8. The average Bonchev–Trinajstić information content (AvgIpc) is 3.33. The summed E-state index contributed by atoms with van der Waals surface area (Å²) < 4.78 is 0.609. The first-order chi connectivity index (χ1) is 12.7. The van der Waals surface area contributed by atoms with Crippen molar-refractivity contribution in [2.75, 3.05) is 37.2 Å². The Kier molecular flexibility index (Phi) is 6.98. The van der Waals surface area contributed by atoms with E-state index in [0.717, 1.165) is 19.6 Å². The zero-order valence-corrected chi connectivity index (χ0v) is 15.9.